The van der Waals surface area contributed by atoms with Crippen molar-refractivity contribution in [2.75, 3.05) is 39.6 Å². The van der Waals surface area contributed by atoms with Gasteiger partial charge >= 0.3 is 0 Å². The average molecular weight is 302 g/mol. The van der Waals surface area contributed by atoms with Crippen molar-refractivity contribution in [2.45, 2.75) is 58.0 Å². The first-order valence-corrected chi connectivity index (χ1v) is 8.34. The van der Waals surface area contributed by atoms with Crippen LogP contribution in [-0.4, -0.2) is 50.9 Å². The Morgan fingerprint density at radius 3 is 2.29 bits per heavy atom. The van der Waals surface area contributed by atoms with E-state index in [1.807, 2.05) is 0 Å². The molecule has 0 aromatic heterocycles. The van der Waals surface area contributed by atoms with Crippen molar-refractivity contribution in [3.05, 3.63) is 12.7 Å². The molecule has 0 fully saturated rings. The van der Waals surface area contributed by atoms with Crippen LogP contribution in [0.2, 0.25) is 0 Å². The summed E-state index contributed by atoms with van der Waals surface area (Å²) < 4.78 is 16.5. The molecule has 0 aromatic rings. The lowest BCUT2D eigenvalue weighted by Gasteiger charge is -2.17. The van der Waals surface area contributed by atoms with E-state index in [4.69, 9.17) is 19.3 Å². The zero-order chi connectivity index (χ0) is 15.6. The lowest BCUT2D eigenvalue weighted by molar-refractivity contribution is -0.0639. The van der Waals surface area contributed by atoms with Gasteiger partial charge in [0, 0.05) is 6.61 Å². The van der Waals surface area contributed by atoms with Crippen LogP contribution in [-0.2, 0) is 14.2 Å². The van der Waals surface area contributed by atoms with Gasteiger partial charge in [-0.2, -0.15) is 0 Å². The monoisotopic (exact) mass is 302 g/mol. The molecule has 1 N–H and O–H groups in total. The molecule has 0 bridgehead atoms. The van der Waals surface area contributed by atoms with E-state index in [2.05, 4.69) is 13.5 Å². The predicted octanol–water partition coefficient (Wildman–Crippen LogP) is 3.33. The van der Waals surface area contributed by atoms with Gasteiger partial charge in [0.25, 0.3) is 0 Å². The largest absolute Gasteiger partial charge is 0.394 e. The zero-order valence-corrected chi connectivity index (χ0v) is 13.7. The maximum Gasteiger partial charge on any atom is 0.104 e. The Balaban J connectivity index is 3.46. The van der Waals surface area contributed by atoms with Crippen molar-refractivity contribution in [1.29, 1.82) is 0 Å². The molecule has 0 aliphatic carbocycles. The summed E-state index contributed by atoms with van der Waals surface area (Å²) in [5, 5.41) is 8.79. The fourth-order valence-electron chi connectivity index (χ4n) is 2.02. The number of rotatable bonds is 17. The number of aliphatic hydroxyl groups is 1. The summed E-state index contributed by atoms with van der Waals surface area (Å²) >= 11 is 0. The van der Waals surface area contributed by atoms with Crippen LogP contribution in [0.3, 0.4) is 0 Å². The SMILES string of the molecule is C=CCOCC(COCCCCCCCCC)OCCO. The van der Waals surface area contributed by atoms with E-state index in [9.17, 15) is 0 Å². The fraction of sp³-hybridized carbons (Fsp3) is 0.882. The summed E-state index contributed by atoms with van der Waals surface area (Å²) in [4.78, 5) is 0. The maximum absolute atomic E-state index is 8.79. The van der Waals surface area contributed by atoms with Gasteiger partial charge in [-0.3, -0.25) is 0 Å². The van der Waals surface area contributed by atoms with Gasteiger partial charge in [0.1, 0.15) is 6.10 Å². The summed E-state index contributed by atoms with van der Waals surface area (Å²) in [6.07, 6.45) is 10.6. The van der Waals surface area contributed by atoms with E-state index < -0.39 is 0 Å². The van der Waals surface area contributed by atoms with Crippen LogP contribution in [0, 0.1) is 0 Å². The molecule has 0 rings (SSSR count). The third kappa shape index (κ3) is 15.8. The van der Waals surface area contributed by atoms with Crippen LogP contribution >= 0.6 is 0 Å². The van der Waals surface area contributed by atoms with Crippen molar-refractivity contribution in [3.63, 3.8) is 0 Å². The van der Waals surface area contributed by atoms with Gasteiger partial charge in [0.15, 0.2) is 0 Å². The molecule has 1 atom stereocenters. The van der Waals surface area contributed by atoms with Gasteiger partial charge in [0.05, 0.1) is 33.0 Å². The van der Waals surface area contributed by atoms with E-state index in [1.54, 1.807) is 6.08 Å². The molecular formula is C17H34O4. The van der Waals surface area contributed by atoms with Gasteiger partial charge in [0.2, 0.25) is 0 Å². The number of ether oxygens (including phenoxy) is 3. The summed E-state index contributed by atoms with van der Waals surface area (Å²) in [7, 11) is 0. The molecule has 0 aromatic carbocycles. The molecule has 0 aliphatic rings. The Morgan fingerprint density at radius 1 is 0.952 bits per heavy atom. The van der Waals surface area contributed by atoms with E-state index in [1.165, 1.54) is 38.5 Å². The third-order valence-corrected chi connectivity index (χ3v) is 3.18. The molecular weight excluding hydrogens is 268 g/mol. The Labute approximate surface area is 130 Å². The number of aliphatic hydroxyl groups excluding tert-OH is 1. The molecule has 0 heterocycles. The quantitative estimate of drug-likeness (QED) is 0.331. The number of hydrogen-bond acceptors (Lipinski definition) is 4. The topological polar surface area (TPSA) is 47.9 Å². The average Bonchev–Trinajstić information content (AvgIpc) is 2.50. The molecule has 0 saturated carbocycles. The van der Waals surface area contributed by atoms with Gasteiger partial charge in [-0.1, -0.05) is 51.5 Å². The molecule has 1 unspecified atom stereocenters. The van der Waals surface area contributed by atoms with Crippen molar-refractivity contribution in [1.82, 2.24) is 0 Å². The normalized spacial score (nSPS) is 12.5. The van der Waals surface area contributed by atoms with Crippen LogP contribution < -0.4 is 0 Å². The van der Waals surface area contributed by atoms with E-state index in [-0.39, 0.29) is 12.7 Å². The highest BCUT2D eigenvalue weighted by atomic mass is 16.6. The Morgan fingerprint density at radius 2 is 1.62 bits per heavy atom. The maximum atomic E-state index is 8.79. The minimum absolute atomic E-state index is 0.0235. The fourth-order valence-corrected chi connectivity index (χ4v) is 2.02. The van der Waals surface area contributed by atoms with E-state index in [0.717, 1.165) is 13.0 Å². The van der Waals surface area contributed by atoms with Crippen molar-refractivity contribution in [2.24, 2.45) is 0 Å². The van der Waals surface area contributed by atoms with Crippen LogP contribution in [0.15, 0.2) is 12.7 Å². The highest BCUT2D eigenvalue weighted by molar-refractivity contribution is 4.65. The van der Waals surface area contributed by atoms with Crippen LogP contribution in [0.1, 0.15) is 51.9 Å². The first-order chi connectivity index (χ1) is 10.3. The van der Waals surface area contributed by atoms with Crippen LogP contribution in [0.5, 0.6) is 0 Å². The molecule has 21 heavy (non-hydrogen) atoms. The highest BCUT2D eigenvalue weighted by Crippen LogP contribution is 2.07. The van der Waals surface area contributed by atoms with Gasteiger partial charge in [-0.25, -0.2) is 0 Å². The number of hydrogen-bond donors (Lipinski definition) is 1. The lowest BCUT2D eigenvalue weighted by atomic mass is 10.1. The molecule has 0 spiro atoms. The minimum atomic E-state index is -0.110. The van der Waals surface area contributed by atoms with Crippen molar-refractivity contribution in [3.8, 4) is 0 Å². The van der Waals surface area contributed by atoms with Crippen LogP contribution in [0.4, 0.5) is 0 Å². The highest BCUT2D eigenvalue weighted by Gasteiger charge is 2.09. The molecule has 0 radical (unpaired) electrons. The third-order valence-electron chi connectivity index (χ3n) is 3.18. The summed E-state index contributed by atoms with van der Waals surface area (Å²) in [5.74, 6) is 0. The smallest absolute Gasteiger partial charge is 0.104 e. The molecule has 4 heteroatoms. The van der Waals surface area contributed by atoms with E-state index >= 15 is 0 Å². The molecule has 0 amide bonds. The van der Waals surface area contributed by atoms with Gasteiger partial charge in [-0.15, -0.1) is 6.58 Å². The Hall–Kier alpha value is -0.420. The first-order valence-electron chi connectivity index (χ1n) is 8.34. The second kappa shape index (κ2) is 17.6. The van der Waals surface area contributed by atoms with E-state index in [0.29, 0.717) is 26.4 Å². The Bertz CT molecular complexity index is 209. The first kappa shape index (κ1) is 20.6. The lowest BCUT2D eigenvalue weighted by Crippen LogP contribution is -2.27. The van der Waals surface area contributed by atoms with Crippen molar-refractivity contribution >= 4 is 0 Å². The van der Waals surface area contributed by atoms with Gasteiger partial charge < -0.3 is 19.3 Å². The molecule has 0 saturated heterocycles. The predicted molar refractivity (Wildman–Crippen MR) is 86.7 cm³/mol. The molecule has 0 aliphatic heterocycles. The molecule has 126 valence electrons. The zero-order valence-electron chi connectivity index (χ0n) is 13.7. The van der Waals surface area contributed by atoms with Crippen molar-refractivity contribution < 1.29 is 19.3 Å². The second-order valence-electron chi connectivity index (χ2n) is 5.24. The summed E-state index contributed by atoms with van der Waals surface area (Å²) in [6, 6.07) is 0. The number of unbranched alkanes of at least 4 members (excludes halogenated alkanes) is 6. The minimum Gasteiger partial charge on any atom is -0.394 e. The summed E-state index contributed by atoms with van der Waals surface area (Å²) in [5.41, 5.74) is 0. The molecule has 4 nitrogen and oxygen atoms in total. The second-order valence-corrected chi connectivity index (χ2v) is 5.24. The van der Waals surface area contributed by atoms with Crippen LogP contribution in [0.25, 0.3) is 0 Å². The standard InChI is InChI=1S/C17H34O4/c1-3-5-6-7-8-9-10-13-20-16-17(21-14-11-18)15-19-12-4-2/h4,17-18H,2-3,5-16H2,1H3. The summed E-state index contributed by atoms with van der Waals surface area (Å²) in [6.45, 7) is 8.47. The van der Waals surface area contributed by atoms with Gasteiger partial charge in [-0.05, 0) is 6.42 Å². The Kier molecular flexibility index (Phi) is 17.3.